The van der Waals surface area contributed by atoms with Crippen molar-refractivity contribution in [3.63, 3.8) is 0 Å². The van der Waals surface area contributed by atoms with Crippen molar-refractivity contribution in [3.8, 4) is 0 Å². The van der Waals surface area contributed by atoms with Gasteiger partial charge in [0.15, 0.2) is 0 Å². The fourth-order valence-corrected chi connectivity index (χ4v) is 1.87. The topological polar surface area (TPSA) is 119 Å². The number of carboxylic acid groups (broad SMARTS) is 1. The van der Waals surface area contributed by atoms with Gasteiger partial charge in [-0.3, -0.25) is 15.4 Å². The zero-order valence-electron chi connectivity index (χ0n) is 13.1. The van der Waals surface area contributed by atoms with Crippen LogP contribution in [-0.4, -0.2) is 27.7 Å². The standard InChI is InChI=1S/C15H18N2O6/c1-5-6-9-7-8-10(13(18)19)11(12(9)17(21)22)16-14(20)23-15(2,3)4/h5,7-8H,1,6H2,2-4H3,(H,16,20)(H,18,19). The first-order valence-electron chi connectivity index (χ1n) is 6.71. The van der Waals surface area contributed by atoms with Crippen LogP contribution < -0.4 is 5.32 Å². The van der Waals surface area contributed by atoms with Gasteiger partial charge in [-0.25, -0.2) is 9.59 Å². The summed E-state index contributed by atoms with van der Waals surface area (Å²) < 4.78 is 5.03. The van der Waals surface area contributed by atoms with Crippen LogP contribution in [0.3, 0.4) is 0 Å². The lowest BCUT2D eigenvalue weighted by Gasteiger charge is -2.20. The van der Waals surface area contributed by atoms with Crippen LogP contribution in [0.4, 0.5) is 16.2 Å². The van der Waals surface area contributed by atoms with E-state index in [4.69, 9.17) is 4.74 Å². The third-order valence-corrected chi connectivity index (χ3v) is 2.66. The average molecular weight is 322 g/mol. The number of ether oxygens (including phenoxy) is 1. The van der Waals surface area contributed by atoms with Gasteiger partial charge in [0.1, 0.15) is 11.3 Å². The van der Waals surface area contributed by atoms with E-state index in [1.165, 1.54) is 18.2 Å². The highest BCUT2D eigenvalue weighted by Crippen LogP contribution is 2.33. The molecule has 0 heterocycles. The molecular formula is C15H18N2O6. The van der Waals surface area contributed by atoms with Gasteiger partial charge in [0, 0.05) is 5.56 Å². The number of rotatable bonds is 5. The van der Waals surface area contributed by atoms with Crippen molar-refractivity contribution < 1.29 is 24.4 Å². The lowest BCUT2D eigenvalue weighted by atomic mass is 10.0. The van der Waals surface area contributed by atoms with E-state index in [-0.39, 0.29) is 12.0 Å². The summed E-state index contributed by atoms with van der Waals surface area (Å²) in [6.07, 6.45) is 0.623. The van der Waals surface area contributed by atoms with E-state index in [2.05, 4.69) is 11.9 Å². The monoisotopic (exact) mass is 322 g/mol. The van der Waals surface area contributed by atoms with E-state index < -0.39 is 39.5 Å². The summed E-state index contributed by atoms with van der Waals surface area (Å²) in [5, 5.41) is 22.7. The minimum absolute atomic E-state index is 0.152. The number of carbonyl (C=O) groups excluding carboxylic acids is 1. The van der Waals surface area contributed by atoms with Gasteiger partial charge in [0.25, 0.3) is 5.69 Å². The highest BCUT2D eigenvalue weighted by atomic mass is 16.6. The molecule has 0 aliphatic carbocycles. The summed E-state index contributed by atoms with van der Waals surface area (Å²) in [5.41, 5.74) is -1.88. The first-order chi connectivity index (χ1) is 10.6. The molecule has 0 unspecified atom stereocenters. The second-order valence-electron chi connectivity index (χ2n) is 5.68. The molecule has 1 aromatic rings. The Kier molecular flexibility index (Phi) is 5.45. The van der Waals surface area contributed by atoms with Crippen LogP contribution in [-0.2, 0) is 11.2 Å². The number of aromatic carboxylic acids is 1. The quantitative estimate of drug-likeness (QED) is 0.487. The maximum atomic E-state index is 11.9. The first kappa shape index (κ1) is 18.1. The molecule has 0 radical (unpaired) electrons. The number of carboxylic acids is 1. The van der Waals surface area contributed by atoms with Crippen molar-refractivity contribution in [2.24, 2.45) is 0 Å². The van der Waals surface area contributed by atoms with Crippen molar-refractivity contribution in [2.75, 3.05) is 5.32 Å². The minimum Gasteiger partial charge on any atom is -0.478 e. The van der Waals surface area contributed by atoms with Gasteiger partial charge >= 0.3 is 12.1 Å². The Morgan fingerprint density at radius 3 is 2.48 bits per heavy atom. The van der Waals surface area contributed by atoms with Crippen molar-refractivity contribution >= 4 is 23.4 Å². The third-order valence-electron chi connectivity index (χ3n) is 2.66. The number of carbonyl (C=O) groups is 2. The molecule has 0 spiro atoms. The first-order valence-corrected chi connectivity index (χ1v) is 6.71. The zero-order valence-corrected chi connectivity index (χ0v) is 13.1. The van der Waals surface area contributed by atoms with Crippen LogP contribution >= 0.6 is 0 Å². The summed E-state index contributed by atoms with van der Waals surface area (Å²) in [5.74, 6) is -1.40. The Bertz CT molecular complexity index is 661. The Morgan fingerprint density at radius 1 is 1.43 bits per heavy atom. The largest absolute Gasteiger partial charge is 0.478 e. The number of nitrogens with one attached hydrogen (secondary N) is 1. The number of anilines is 1. The van der Waals surface area contributed by atoms with Crippen molar-refractivity contribution in [2.45, 2.75) is 32.8 Å². The van der Waals surface area contributed by atoms with Gasteiger partial charge in [-0.15, -0.1) is 6.58 Å². The van der Waals surface area contributed by atoms with Gasteiger partial charge in [0.05, 0.1) is 10.5 Å². The Labute approximate surface area is 132 Å². The van der Waals surface area contributed by atoms with Crippen LogP contribution in [0.25, 0.3) is 0 Å². The molecule has 8 heteroatoms. The maximum Gasteiger partial charge on any atom is 0.412 e. The van der Waals surface area contributed by atoms with E-state index in [1.54, 1.807) is 20.8 Å². The Morgan fingerprint density at radius 2 is 2.04 bits per heavy atom. The number of amides is 1. The maximum absolute atomic E-state index is 11.9. The number of allylic oxidation sites excluding steroid dienone is 1. The molecule has 0 aromatic heterocycles. The van der Waals surface area contributed by atoms with E-state index >= 15 is 0 Å². The molecule has 0 aliphatic heterocycles. The van der Waals surface area contributed by atoms with E-state index in [0.29, 0.717) is 0 Å². The SMILES string of the molecule is C=CCc1ccc(C(=O)O)c(NC(=O)OC(C)(C)C)c1[N+](=O)[O-]. The Balaban J connectivity index is 3.42. The molecule has 124 valence electrons. The smallest absolute Gasteiger partial charge is 0.412 e. The second kappa shape index (κ2) is 6.91. The van der Waals surface area contributed by atoms with Crippen LogP contribution in [0.15, 0.2) is 24.8 Å². The summed E-state index contributed by atoms with van der Waals surface area (Å²) >= 11 is 0. The number of nitro groups is 1. The van der Waals surface area contributed by atoms with Crippen molar-refractivity contribution in [3.05, 3.63) is 46.0 Å². The van der Waals surface area contributed by atoms with Crippen molar-refractivity contribution in [1.29, 1.82) is 0 Å². The van der Waals surface area contributed by atoms with Crippen LogP contribution in [0.2, 0.25) is 0 Å². The highest BCUT2D eigenvalue weighted by Gasteiger charge is 2.28. The molecule has 0 saturated carbocycles. The number of nitrogens with zero attached hydrogens (tertiary/aromatic N) is 1. The molecule has 1 rings (SSSR count). The Hall–Kier alpha value is -2.90. The summed E-state index contributed by atoms with van der Waals surface area (Å²) in [4.78, 5) is 33.8. The average Bonchev–Trinajstić information content (AvgIpc) is 2.35. The summed E-state index contributed by atoms with van der Waals surface area (Å²) in [7, 11) is 0. The number of benzene rings is 1. The predicted octanol–water partition coefficient (Wildman–Crippen LogP) is 3.37. The van der Waals surface area contributed by atoms with E-state index in [1.807, 2.05) is 0 Å². The minimum atomic E-state index is -1.40. The molecule has 8 nitrogen and oxygen atoms in total. The highest BCUT2D eigenvalue weighted by molar-refractivity contribution is 6.02. The fraction of sp³-hybridized carbons (Fsp3) is 0.333. The van der Waals surface area contributed by atoms with Gasteiger partial charge in [-0.1, -0.05) is 12.1 Å². The van der Waals surface area contributed by atoms with Gasteiger partial charge in [-0.05, 0) is 33.3 Å². The van der Waals surface area contributed by atoms with E-state index in [9.17, 15) is 24.8 Å². The lowest BCUT2D eigenvalue weighted by molar-refractivity contribution is -0.384. The van der Waals surface area contributed by atoms with Gasteiger partial charge in [0.2, 0.25) is 0 Å². The third kappa shape index (κ3) is 4.80. The summed E-state index contributed by atoms with van der Waals surface area (Å²) in [6.45, 7) is 8.36. The van der Waals surface area contributed by atoms with Crippen molar-refractivity contribution in [1.82, 2.24) is 0 Å². The number of hydrogen-bond acceptors (Lipinski definition) is 5. The van der Waals surface area contributed by atoms with Gasteiger partial charge in [-0.2, -0.15) is 0 Å². The molecule has 2 N–H and O–H groups in total. The molecule has 0 bridgehead atoms. The molecule has 23 heavy (non-hydrogen) atoms. The summed E-state index contributed by atoms with van der Waals surface area (Å²) in [6, 6.07) is 2.52. The number of nitro benzene ring substituents is 1. The van der Waals surface area contributed by atoms with E-state index in [0.717, 1.165) is 0 Å². The molecule has 1 aromatic carbocycles. The predicted molar refractivity (Wildman–Crippen MR) is 83.8 cm³/mol. The zero-order chi connectivity index (χ0) is 17.8. The molecule has 0 fully saturated rings. The van der Waals surface area contributed by atoms with Crippen LogP contribution in [0.5, 0.6) is 0 Å². The molecule has 0 saturated heterocycles. The van der Waals surface area contributed by atoms with Crippen LogP contribution in [0, 0.1) is 10.1 Å². The molecular weight excluding hydrogens is 304 g/mol. The molecule has 0 aliphatic rings. The molecule has 1 amide bonds. The van der Waals surface area contributed by atoms with Crippen LogP contribution in [0.1, 0.15) is 36.7 Å². The molecule has 0 atom stereocenters. The number of hydrogen-bond donors (Lipinski definition) is 2. The fourth-order valence-electron chi connectivity index (χ4n) is 1.87. The second-order valence-corrected chi connectivity index (χ2v) is 5.68. The van der Waals surface area contributed by atoms with Gasteiger partial charge < -0.3 is 9.84 Å². The lowest BCUT2D eigenvalue weighted by Crippen LogP contribution is -2.28. The normalized spacial score (nSPS) is 10.7.